The topological polar surface area (TPSA) is 18.5 Å². The molecule has 1 aliphatic rings. The van der Waals surface area contributed by atoms with E-state index in [4.69, 9.17) is 9.47 Å². The molecular formula is C32H35F3O2. The molecule has 3 aromatic rings. The number of hydrogen-bond acceptors (Lipinski definition) is 2. The highest BCUT2D eigenvalue weighted by Crippen LogP contribution is 2.43. The van der Waals surface area contributed by atoms with Crippen molar-refractivity contribution in [2.45, 2.75) is 63.7 Å². The minimum atomic E-state index is -0.822. The summed E-state index contributed by atoms with van der Waals surface area (Å²) in [5.41, 5.74) is 1.93. The predicted molar refractivity (Wildman–Crippen MR) is 143 cm³/mol. The Labute approximate surface area is 218 Å². The molecule has 196 valence electrons. The Hall–Kier alpha value is -3.21. The molecular weight excluding hydrogens is 473 g/mol. The fourth-order valence-electron chi connectivity index (χ4n) is 5.07. The Balaban J connectivity index is 1.40. The maximum Gasteiger partial charge on any atom is 0.166 e. The summed E-state index contributed by atoms with van der Waals surface area (Å²) in [5.74, 6) is -0.676. The van der Waals surface area contributed by atoms with Gasteiger partial charge in [0.25, 0.3) is 0 Å². The highest BCUT2D eigenvalue weighted by atomic mass is 19.2. The number of halogens is 3. The van der Waals surface area contributed by atoms with Crippen LogP contribution < -0.4 is 9.47 Å². The molecule has 0 unspecified atom stereocenters. The second-order valence-electron chi connectivity index (χ2n) is 9.71. The summed E-state index contributed by atoms with van der Waals surface area (Å²) in [4.78, 5) is 0. The number of hydrogen-bond donors (Lipinski definition) is 0. The predicted octanol–water partition coefficient (Wildman–Crippen LogP) is 9.35. The van der Waals surface area contributed by atoms with E-state index in [0.717, 1.165) is 31.4 Å². The second kappa shape index (κ2) is 12.8. The molecule has 1 saturated carbocycles. The Bertz CT molecular complexity index is 1180. The summed E-state index contributed by atoms with van der Waals surface area (Å²) >= 11 is 0. The van der Waals surface area contributed by atoms with Gasteiger partial charge < -0.3 is 9.47 Å². The first-order valence-electron chi connectivity index (χ1n) is 13.3. The molecule has 2 nitrogen and oxygen atoms in total. The van der Waals surface area contributed by atoms with Crippen molar-refractivity contribution in [3.8, 4) is 22.6 Å². The lowest BCUT2D eigenvalue weighted by Gasteiger charge is -2.30. The molecule has 0 aromatic heterocycles. The molecule has 1 aliphatic carbocycles. The normalized spacial score (nSPS) is 17.4. The van der Waals surface area contributed by atoms with Gasteiger partial charge in [-0.25, -0.2) is 13.2 Å². The van der Waals surface area contributed by atoms with Crippen molar-refractivity contribution in [3.63, 3.8) is 0 Å². The summed E-state index contributed by atoms with van der Waals surface area (Å²) < 4.78 is 56.3. The van der Waals surface area contributed by atoms with Gasteiger partial charge in [-0.3, -0.25) is 0 Å². The van der Waals surface area contributed by atoms with Crippen LogP contribution in [-0.4, -0.2) is 13.2 Å². The van der Waals surface area contributed by atoms with Crippen LogP contribution in [0.3, 0.4) is 0 Å². The van der Waals surface area contributed by atoms with Crippen LogP contribution in [0, 0.1) is 17.5 Å². The Morgan fingerprint density at radius 3 is 2.05 bits per heavy atom. The minimum absolute atomic E-state index is 0.0590. The second-order valence-corrected chi connectivity index (χ2v) is 9.71. The highest BCUT2D eigenvalue weighted by molar-refractivity contribution is 5.65. The number of rotatable bonds is 11. The van der Waals surface area contributed by atoms with Crippen molar-refractivity contribution in [1.82, 2.24) is 0 Å². The lowest BCUT2D eigenvalue weighted by atomic mass is 9.75. The van der Waals surface area contributed by atoms with Crippen molar-refractivity contribution in [1.29, 1.82) is 0 Å². The van der Waals surface area contributed by atoms with E-state index in [2.05, 4.69) is 13.5 Å². The molecule has 3 aromatic carbocycles. The van der Waals surface area contributed by atoms with Crippen molar-refractivity contribution < 1.29 is 22.6 Å². The van der Waals surface area contributed by atoms with Crippen molar-refractivity contribution in [3.05, 3.63) is 95.8 Å². The van der Waals surface area contributed by atoms with Gasteiger partial charge in [-0.15, -0.1) is 6.58 Å². The first kappa shape index (κ1) is 26.8. The van der Waals surface area contributed by atoms with E-state index in [1.165, 1.54) is 6.07 Å². The smallest absolute Gasteiger partial charge is 0.166 e. The van der Waals surface area contributed by atoms with Gasteiger partial charge >= 0.3 is 0 Å². The molecule has 0 bridgehead atoms. The zero-order valence-corrected chi connectivity index (χ0v) is 21.4. The van der Waals surface area contributed by atoms with Gasteiger partial charge in [-0.05, 0) is 85.3 Å². The van der Waals surface area contributed by atoms with Crippen LogP contribution >= 0.6 is 0 Å². The van der Waals surface area contributed by atoms with Gasteiger partial charge in [0.2, 0.25) is 0 Å². The van der Waals surface area contributed by atoms with Crippen LogP contribution in [0.2, 0.25) is 0 Å². The average Bonchev–Trinajstić information content (AvgIpc) is 2.91. The van der Waals surface area contributed by atoms with E-state index >= 15 is 8.78 Å². The van der Waals surface area contributed by atoms with E-state index in [1.54, 1.807) is 54.6 Å². The maximum atomic E-state index is 15.2. The van der Waals surface area contributed by atoms with Crippen LogP contribution in [0.15, 0.2) is 67.3 Å². The van der Waals surface area contributed by atoms with Crippen LogP contribution in [-0.2, 0) is 0 Å². The molecule has 0 heterocycles. The fraction of sp³-hybridized carbons (Fsp3) is 0.375. The third-order valence-corrected chi connectivity index (χ3v) is 7.21. The number of unbranched alkanes of at least 4 members (excludes halogenated alkanes) is 1. The van der Waals surface area contributed by atoms with Gasteiger partial charge in [-0.2, -0.15) is 0 Å². The molecule has 37 heavy (non-hydrogen) atoms. The monoisotopic (exact) mass is 508 g/mol. The van der Waals surface area contributed by atoms with Gasteiger partial charge in [0, 0.05) is 11.6 Å². The Kier molecular flexibility index (Phi) is 9.32. The summed E-state index contributed by atoms with van der Waals surface area (Å²) in [6, 6.07) is 15.5. The van der Waals surface area contributed by atoms with Crippen LogP contribution in [0.5, 0.6) is 11.5 Å². The molecule has 0 radical (unpaired) electrons. The summed E-state index contributed by atoms with van der Waals surface area (Å²) in [7, 11) is 0. The minimum Gasteiger partial charge on any atom is -0.494 e. The molecule has 0 atom stereocenters. The van der Waals surface area contributed by atoms with Crippen LogP contribution in [0.25, 0.3) is 11.1 Å². The maximum absolute atomic E-state index is 15.2. The van der Waals surface area contributed by atoms with E-state index in [1.807, 2.05) is 0 Å². The van der Waals surface area contributed by atoms with Gasteiger partial charge in [0.1, 0.15) is 17.3 Å². The third-order valence-electron chi connectivity index (χ3n) is 7.21. The van der Waals surface area contributed by atoms with Gasteiger partial charge in [0.05, 0.1) is 13.2 Å². The Morgan fingerprint density at radius 2 is 1.41 bits per heavy atom. The molecule has 0 N–H and O–H groups in total. The van der Waals surface area contributed by atoms with E-state index in [-0.39, 0.29) is 23.2 Å². The molecule has 4 rings (SSSR count). The quantitative estimate of drug-likeness (QED) is 0.190. The van der Waals surface area contributed by atoms with Crippen molar-refractivity contribution >= 4 is 0 Å². The first-order valence-corrected chi connectivity index (χ1v) is 13.3. The van der Waals surface area contributed by atoms with Gasteiger partial charge in [0.15, 0.2) is 11.6 Å². The van der Waals surface area contributed by atoms with Gasteiger partial charge in [-0.1, -0.05) is 49.8 Å². The van der Waals surface area contributed by atoms with Crippen molar-refractivity contribution in [2.24, 2.45) is 0 Å². The molecule has 0 amide bonds. The highest BCUT2D eigenvalue weighted by Gasteiger charge is 2.28. The lowest BCUT2D eigenvalue weighted by Crippen LogP contribution is -2.15. The van der Waals surface area contributed by atoms with E-state index in [9.17, 15) is 4.39 Å². The Morgan fingerprint density at radius 1 is 0.784 bits per heavy atom. The first-order chi connectivity index (χ1) is 18.0. The summed E-state index contributed by atoms with van der Waals surface area (Å²) in [6.45, 7) is 6.85. The zero-order chi connectivity index (χ0) is 26.2. The third kappa shape index (κ3) is 6.57. The molecule has 0 aliphatic heterocycles. The molecule has 0 spiro atoms. The summed E-state index contributed by atoms with van der Waals surface area (Å²) in [6.07, 6.45) is 7.28. The largest absolute Gasteiger partial charge is 0.494 e. The standard InChI is InChI=1S/C32H35F3O2/c1-3-5-19-36-25-13-11-24(12-14-25)29-18-17-28(31(34)32(29)35)23-9-7-22(8-10-23)27-16-15-26(21-30(27)33)37-20-6-4-2/h4,11-18,21-23H,2-3,5-10,19-20H2,1H3. The zero-order valence-electron chi connectivity index (χ0n) is 21.4. The molecule has 1 fully saturated rings. The average molecular weight is 509 g/mol. The van der Waals surface area contributed by atoms with E-state index in [0.29, 0.717) is 54.9 Å². The number of ether oxygens (including phenoxy) is 2. The fourth-order valence-corrected chi connectivity index (χ4v) is 5.07. The SMILES string of the molecule is C=CCCOc1ccc(C2CCC(c3ccc(-c4ccc(OCCCC)cc4)c(F)c3F)CC2)c(F)c1. The number of benzene rings is 3. The molecule has 5 heteroatoms. The van der Waals surface area contributed by atoms with Crippen LogP contribution in [0.1, 0.15) is 74.8 Å². The van der Waals surface area contributed by atoms with Crippen molar-refractivity contribution in [2.75, 3.05) is 13.2 Å². The van der Waals surface area contributed by atoms with E-state index < -0.39 is 11.6 Å². The van der Waals surface area contributed by atoms with Crippen LogP contribution in [0.4, 0.5) is 13.2 Å². The summed E-state index contributed by atoms with van der Waals surface area (Å²) in [5, 5.41) is 0. The lowest BCUT2D eigenvalue weighted by molar-refractivity contribution is 0.309. The molecule has 0 saturated heterocycles.